The van der Waals surface area contributed by atoms with Crippen LogP contribution in [0.3, 0.4) is 0 Å². The van der Waals surface area contributed by atoms with Gasteiger partial charge in [0, 0.05) is 12.0 Å². The van der Waals surface area contributed by atoms with E-state index >= 15 is 0 Å². The highest BCUT2D eigenvalue weighted by molar-refractivity contribution is 7.91. The first-order valence-electron chi connectivity index (χ1n) is 6.36. The van der Waals surface area contributed by atoms with Crippen LogP contribution in [0.5, 0.6) is 0 Å². The molecule has 5 heteroatoms. The van der Waals surface area contributed by atoms with E-state index in [-0.39, 0.29) is 28.5 Å². The summed E-state index contributed by atoms with van der Waals surface area (Å²) in [5, 5.41) is 2.83. The molecule has 0 saturated heterocycles. The van der Waals surface area contributed by atoms with Crippen molar-refractivity contribution in [2.75, 3.05) is 5.75 Å². The highest BCUT2D eigenvalue weighted by atomic mass is 32.2. The van der Waals surface area contributed by atoms with Crippen molar-refractivity contribution >= 4 is 15.7 Å². The van der Waals surface area contributed by atoms with Crippen LogP contribution in [0, 0.1) is 0 Å². The Hall–Kier alpha value is -1.36. The third kappa shape index (κ3) is 5.03. The molecule has 19 heavy (non-hydrogen) atoms. The first-order chi connectivity index (χ1) is 8.77. The molecule has 1 N–H and O–H groups in total. The van der Waals surface area contributed by atoms with E-state index in [1.807, 2.05) is 20.8 Å². The molecule has 0 aliphatic rings. The number of benzene rings is 1. The van der Waals surface area contributed by atoms with Gasteiger partial charge in [0.1, 0.15) is 0 Å². The maximum Gasteiger partial charge on any atom is 0.221 e. The van der Waals surface area contributed by atoms with E-state index in [0.717, 1.165) is 6.42 Å². The van der Waals surface area contributed by atoms with Gasteiger partial charge in [0.2, 0.25) is 5.91 Å². The Bertz CT molecular complexity index is 521. The van der Waals surface area contributed by atoms with Gasteiger partial charge < -0.3 is 5.32 Å². The smallest absolute Gasteiger partial charge is 0.221 e. The molecule has 0 fully saturated rings. The summed E-state index contributed by atoms with van der Waals surface area (Å²) >= 11 is 0. The highest BCUT2D eigenvalue weighted by Crippen LogP contribution is 2.12. The van der Waals surface area contributed by atoms with Crippen molar-refractivity contribution < 1.29 is 13.2 Å². The van der Waals surface area contributed by atoms with Crippen LogP contribution < -0.4 is 5.32 Å². The molecule has 0 radical (unpaired) electrons. The Labute approximate surface area is 115 Å². The van der Waals surface area contributed by atoms with Crippen LogP contribution >= 0.6 is 0 Å². The maximum atomic E-state index is 12.0. The third-order valence-electron chi connectivity index (χ3n) is 3.06. The SMILES string of the molecule is CCC(C)(C)NC(=O)CCS(=O)(=O)c1ccccc1. The normalized spacial score (nSPS) is 12.2. The van der Waals surface area contributed by atoms with E-state index < -0.39 is 9.84 Å². The van der Waals surface area contributed by atoms with Crippen molar-refractivity contribution in [2.45, 2.75) is 44.0 Å². The Morgan fingerprint density at radius 3 is 2.32 bits per heavy atom. The minimum atomic E-state index is -3.38. The molecule has 0 unspecified atom stereocenters. The second kappa shape index (κ2) is 6.19. The minimum Gasteiger partial charge on any atom is -0.351 e. The summed E-state index contributed by atoms with van der Waals surface area (Å²) < 4.78 is 24.0. The molecule has 0 aromatic heterocycles. The second-order valence-electron chi connectivity index (χ2n) is 5.17. The van der Waals surface area contributed by atoms with E-state index in [1.165, 1.54) is 0 Å². The monoisotopic (exact) mass is 283 g/mol. The van der Waals surface area contributed by atoms with Crippen molar-refractivity contribution in [1.29, 1.82) is 0 Å². The number of sulfone groups is 1. The van der Waals surface area contributed by atoms with Crippen LogP contribution in [0.4, 0.5) is 0 Å². The summed E-state index contributed by atoms with van der Waals surface area (Å²) in [4.78, 5) is 12.0. The summed E-state index contributed by atoms with van der Waals surface area (Å²) in [5.41, 5.74) is -0.298. The molecule has 106 valence electrons. The first-order valence-corrected chi connectivity index (χ1v) is 8.01. The van der Waals surface area contributed by atoms with Crippen molar-refractivity contribution in [2.24, 2.45) is 0 Å². The molecule has 1 aromatic carbocycles. The number of carbonyl (C=O) groups excluding carboxylic acids is 1. The Morgan fingerprint density at radius 1 is 1.21 bits per heavy atom. The largest absolute Gasteiger partial charge is 0.351 e. The third-order valence-corrected chi connectivity index (χ3v) is 4.79. The van der Waals surface area contributed by atoms with Gasteiger partial charge in [-0.25, -0.2) is 8.42 Å². The van der Waals surface area contributed by atoms with Gasteiger partial charge in [-0.3, -0.25) is 4.79 Å². The lowest BCUT2D eigenvalue weighted by Gasteiger charge is -2.24. The average molecular weight is 283 g/mol. The fourth-order valence-electron chi connectivity index (χ4n) is 1.50. The zero-order valence-electron chi connectivity index (χ0n) is 11.6. The number of rotatable bonds is 6. The van der Waals surface area contributed by atoms with E-state index in [2.05, 4.69) is 5.32 Å². The van der Waals surface area contributed by atoms with Gasteiger partial charge in [-0.1, -0.05) is 25.1 Å². The summed E-state index contributed by atoms with van der Waals surface area (Å²) in [6.07, 6.45) is 0.783. The standard InChI is InChI=1S/C14H21NO3S/c1-4-14(2,3)15-13(16)10-11-19(17,18)12-8-6-5-7-9-12/h5-9H,4,10-11H2,1-3H3,(H,15,16). The van der Waals surface area contributed by atoms with Crippen molar-refractivity contribution in [3.63, 3.8) is 0 Å². The first kappa shape index (κ1) is 15.7. The lowest BCUT2D eigenvalue weighted by Crippen LogP contribution is -2.43. The summed E-state index contributed by atoms with van der Waals surface area (Å²) in [5.74, 6) is -0.394. The molecule has 1 amide bonds. The van der Waals surface area contributed by atoms with Crippen LogP contribution in [-0.4, -0.2) is 25.6 Å². The Balaban J connectivity index is 2.60. The van der Waals surface area contributed by atoms with Crippen LogP contribution in [0.2, 0.25) is 0 Å². The molecule has 0 heterocycles. The maximum absolute atomic E-state index is 12.0. The average Bonchev–Trinajstić information content (AvgIpc) is 2.37. The predicted octanol–water partition coefficient (Wildman–Crippen LogP) is 2.16. The number of nitrogens with one attached hydrogen (secondary N) is 1. The zero-order chi connectivity index (χ0) is 14.5. The summed E-state index contributed by atoms with van der Waals surface area (Å²) in [6.45, 7) is 5.80. The Kier molecular flexibility index (Phi) is 5.11. The topological polar surface area (TPSA) is 63.2 Å². The molecule has 0 aliphatic heterocycles. The molecule has 0 aliphatic carbocycles. The molecular weight excluding hydrogens is 262 g/mol. The van der Waals surface area contributed by atoms with Gasteiger partial charge in [0.25, 0.3) is 0 Å². The zero-order valence-corrected chi connectivity index (χ0v) is 12.5. The fraction of sp³-hybridized carbons (Fsp3) is 0.500. The molecule has 0 atom stereocenters. The van der Waals surface area contributed by atoms with Crippen molar-refractivity contribution in [3.8, 4) is 0 Å². The van der Waals surface area contributed by atoms with Gasteiger partial charge in [-0.2, -0.15) is 0 Å². The number of hydrogen-bond acceptors (Lipinski definition) is 3. The fourth-order valence-corrected chi connectivity index (χ4v) is 2.76. The number of carbonyl (C=O) groups is 1. The van der Waals surface area contributed by atoms with E-state index in [9.17, 15) is 13.2 Å². The highest BCUT2D eigenvalue weighted by Gasteiger charge is 2.20. The van der Waals surface area contributed by atoms with Crippen LogP contribution in [0.25, 0.3) is 0 Å². The summed E-state index contributed by atoms with van der Waals surface area (Å²) in [7, 11) is -3.38. The van der Waals surface area contributed by atoms with Gasteiger partial charge in [0.05, 0.1) is 10.6 Å². The minimum absolute atomic E-state index is 0.0132. The molecule has 1 rings (SSSR count). The van der Waals surface area contributed by atoms with Crippen molar-refractivity contribution in [1.82, 2.24) is 5.32 Å². The van der Waals surface area contributed by atoms with Gasteiger partial charge in [-0.05, 0) is 32.4 Å². The lowest BCUT2D eigenvalue weighted by molar-refractivity contribution is -0.122. The predicted molar refractivity (Wildman–Crippen MR) is 75.6 cm³/mol. The van der Waals surface area contributed by atoms with Gasteiger partial charge in [-0.15, -0.1) is 0 Å². The molecule has 4 nitrogen and oxygen atoms in total. The molecular formula is C14H21NO3S. The number of amides is 1. The molecule has 1 aromatic rings. The van der Waals surface area contributed by atoms with Gasteiger partial charge in [0.15, 0.2) is 9.84 Å². The lowest BCUT2D eigenvalue weighted by atomic mass is 10.0. The van der Waals surface area contributed by atoms with E-state index in [4.69, 9.17) is 0 Å². The van der Waals surface area contributed by atoms with Crippen molar-refractivity contribution in [3.05, 3.63) is 30.3 Å². The van der Waals surface area contributed by atoms with Crippen LogP contribution in [-0.2, 0) is 14.6 Å². The van der Waals surface area contributed by atoms with E-state index in [0.29, 0.717) is 0 Å². The summed E-state index contributed by atoms with van der Waals surface area (Å²) in [6, 6.07) is 8.20. The molecule has 0 saturated carbocycles. The van der Waals surface area contributed by atoms with Crippen LogP contribution in [0.1, 0.15) is 33.6 Å². The molecule has 0 bridgehead atoms. The second-order valence-corrected chi connectivity index (χ2v) is 7.28. The quantitative estimate of drug-likeness (QED) is 0.870. The Morgan fingerprint density at radius 2 is 1.79 bits per heavy atom. The van der Waals surface area contributed by atoms with E-state index in [1.54, 1.807) is 30.3 Å². The number of hydrogen-bond donors (Lipinski definition) is 1. The molecule has 0 spiro atoms. The van der Waals surface area contributed by atoms with Crippen LogP contribution in [0.15, 0.2) is 35.2 Å². The van der Waals surface area contributed by atoms with Gasteiger partial charge >= 0.3 is 0 Å².